The molecule has 1 N–H and O–H groups in total. The molecule has 3 aliphatic rings. The van der Waals surface area contributed by atoms with Gasteiger partial charge in [0.25, 0.3) is 0 Å². The van der Waals surface area contributed by atoms with Gasteiger partial charge in [0.15, 0.2) is 0 Å². The number of hydrogen-bond acceptors (Lipinski definition) is 7. The number of nitrogens with zero attached hydrogens (tertiary/aromatic N) is 5. The molecule has 0 unspecified atom stereocenters. The van der Waals surface area contributed by atoms with E-state index in [1.54, 1.807) is 11.2 Å². The molecular formula is C27H34N6O4S. The topological polar surface area (TPSA) is 110 Å². The molecule has 3 aromatic rings. The summed E-state index contributed by atoms with van der Waals surface area (Å²) >= 11 is 0. The van der Waals surface area contributed by atoms with Gasteiger partial charge in [-0.25, -0.2) is 18.4 Å². The van der Waals surface area contributed by atoms with E-state index in [1.165, 1.54) is 0 Å². The molecule has 38 heavy (non-hydrogen) atoms. The van der Waals surface area contributed by atoms with Gasteiger partial charge in [0.05, 0.1) is 23.3 Å². The molecule has 0 bridgehead atoms. The van der Waals surface area contributed by atoms with Crippen molar-refractivity contribution >= 4 is 32.7 Å². The monoisotopic (exact) mass is 538 g/mol. The van der Waals surface area contributed by atoms with Gasteiger partial charge in [-0.05, 0) is 44.9 Å². The van der Waals surface area contributed by atoms with Gasteiger partial charge in [-0.3, -0.25) is 4.79 Å². The van der Waals surface area contributed by atoms with Gasteiger partial charge in [-0.1, -0.05) is 12.1 Å². The number of anilines is 1. The third-order valence-corrected chi connectivity index (χ3v) is 9.84. The number of aromatic nitrogens is 3. The maximum absolute atomic E-state index is 12.2. The number of amides is 1. The number of piperazine rings is 1. The number of rotatable bonds is 8. The van der Waals surface area contributed by atoms with Crippen molar-refractivity contribution in [3.8, 4) is 17.1 Å². The number of sulfonamides is 1. The van der Waals surface area contributed by atoms with Crippen molar-refractivity contribution in [1.82, 2.24) is 24.2 Å². The highest BCUT2D eigenvalue weighted by Gasteiger charge is 2.31. The molecule has 1 aliphatic carbocycles. The largest absolute Gasteiger partial charge is 0.473 e. The number of pyridine rings is 1. The number of carbonyl (C=O) groups is 1. The molecule has 1 aromatic carbocycles. The number of benzene rings is 1. The lowest BCUT2D eigenvalue weighted by Gasteiger charge is -2.35. The minimum Gasteiger partial charge on any atom is -0.473 e. The van der Waals surface area contributed by atoms with Crippen molar-refractivity contribution in [2.24, 2.45) is 5.92 Å². The minimum absolute atomic E-state index is 0.0637. The van der Waals surface area contributed by atoms with Crippen molar-refractivity contribution in [3.05, 3.63) is 36.7 Å². The molecule has 0 spiro atoms. The second-order valence-corrected chi connectivity index (χ2v) is 12.7. The van der Waals surface area contributed by atoms with Gasteiger partial charge in [0, 0.05) is 62.4 Å². The van der Waals surface area contributed by atoms with Crippen LogP contribution in [0, 0.1) is 5.92 Å². The van der Waals surface area contributed by atoms with Crippen molar-refractivity contribution in [3.63, 3.8) is 0 Å². The number of fused-ring (bicyclic) bond motifs is 1. The summed E-state index contributed by atoms with van der Waals surface area (Å²) in [5.41, 5.74) is 4.56. The van der Waals surface area contributed by atoms with E-state index < -0.39 is 10.0 Å². The molecule has 3 fully saturated rings. The van der Waals surface area contributed by atoms with Crippen LogP contribution in [0.4, 0.5) is 5.69 Å². The highest BCUT2D eigenvalue weighted by atomic mass is 32.2. The predicted molar refractivity (Wildman–Crippen MR) is 146 cm³/mol. The molecule has 11 heteroatoms. The molecular weight excluding hydrogens is 504 g/mol. The standard InChI is InChI=1S/C27H34N6O4S/c1-3-38(35,36)32-12-10-31(11-13-32)21-6-4-19(5-7-21)23-15-24-26(33(17-29-24)22-8-9-22)27(30-23)37-18(2)20-14-25(34)28-16-20/h4-7,15,17-18,20,22H,3,8-14,16H2,1-2H3,(H,28,34)/t18-,20-/m1/s1. The molecule has 2 atom stereocenters. The molecule has 2 aromatic heterocycles. The lowest BCUT2D eigenvalue weighted by Crippen LogP contribution is -2.49. The molecule has 0 radical (unpaired) electrons. The van der Waals surface area contributed by atoms with E-state index in [1.807, 2.05) is 31.5 Å². The van der Waals surface area contributed by atoms with Crippen LogP contribution >= 0.6 is 0 Å². The Labute approximate surface area is 223 Å². The molecule has 1 amide bonds. The number of ether oxygens (including phenoxy) is 1. The first-order valence-electron chi connectivity index (χ1n) is 13.5. The van der Waals surface area contributed by atoms with E-state index in [2.05, 4.69) is 31.9 Å². The summed E-state index contributed by atoms with van der Waals surface area (Å²) in [6.07, 6.45) is 4.44. The van der Waals surface area contributed by atoms with E-state index in [0.717, 1.165) is 40.8 Å². The Morgan fingerprint density at radius 3 is 2.50 bits per heavy atom. The Balaban J connectivity index is 1.25. The minimum atomic E-state index is -3.15. The normalized spacial score (nSPS) is 21.6. The Bertz CT molecular complexity index is 1440. The summed E-state index contributed by atoms with van der Waals surface area (Å²) in [4.78, 5) is 23.6. The third-order valence-electron chi connectivity index (χ3n) is 7.96. The molecule has 6 rings (SSSR count). The van der Waals surface area contributed by atoms with E-state index in [9.17, 15) is 13.2 Å². The average molecular weight is 539 g/mol. The van der Waals surface area contributed by atoms with Gasteiger partial charge in [0.1, 0.15) is 11.6 Å². The van der Waals surface area contributed by atoms with Crippen LogP contribution in [-0.4, -0.2) is 77.7 Å². The Hall–Kier alpha value is -3.18. The third kappa shape index (κ3) is 4.84. The van der Waals surface area contributed by atoms with E-state index >= 15 is 0 Å². The quantitative estimate of drug-likeness (QED) is 0.470. The molecule has 2 saturated heterocycles. The summed E-state index contributed by atoms with van der Waals surface area (Å²) in [5, 5.41) is 2.90. The number of nitrogens with one attached hydrogen (secondary N) is 1. The van der Waals surface area contributed by atoms with Crippen LogP contribution in [0.2, 0.25) is 0 Å². The molecule has 10 nitrogen and oxygen atoms in total. The summed E-state index contributed by atoms with van der Waals surface area (Å²) < 4.78 is 34.6. The lowest BCUT2D eigenvalue weighted by molar-refractivity contribution is -0.119. The SMILES string of the molecule is CCS(=O)(=O)N1CCN(c2ccc(-c3cc4ncn(C5CC5)c4c(O[C@H](C)[C@H]4CNC(=O)C4)n3)cc2)CC1. The van der Waals surface area contributed by atoms with Gasteiger partial charge in [-0.15, -0.1) is 0 Å². The lowest BCUT2D eigenvalue weighted by atomic mass is 10.0. The molecule has 202 valence electrons. The number of imidazole rings is 1. The first kappa shape index (κ1) is 25.1. The van der Waals surface area contributed by atoms with Crippen LogP contribution in [0.15, 0.2) is 36.7 Å². The first-order valence-corrected chi connectivity index (χ1v) is 15.1. The average Bonchev–Trinajstić information content (AvgIpc) is 3.53. The highest BCUT2D eigenvalue weighted by Crippen LogP contribution is 2.40. The van der Waals surface area contributed by atoms with Crippen LogP contribution in [0.1, 0.15) is 39.2 Å². The van der Waals surface area contributed by atoms with Crippen LogP contribution in [0.3, 0.4) is 0 Å². The van der Waals surface area contributed by atoms with Crippen molar-refractivity contribution in [2.45, 2.75) is 45.3 Å². The molecule has 4 heterocycles. The fourth-order valence-electron chi connectivity index (χ4n) is 5.37. The smallest absolute Gasteiger partial charge is 0.241 e. The molecule has 2 aliphatic heterocycles. The Morgan fingerprint density at radius 1 is 1.13 bits per heavy atom. The van der Waals surface area contributed by atoms with Crippen LogP contribution in [0.25, 0.3) is 22.3 Å². The van der Waals surface area contributed by atoms with E-state index in [-0.39, 0.29) is 23.7 Å². The number of carbonyl (C=O) groups excluding carboxylic acids is 1. The first-order chi connectivity index (χ1) is 18.3. The second kappa shape index (κ2) is 9.85. The van der Waals surface area contributed by atoms with Crippen LogP contribution in [-0.2, 0) is 14.8 Å². The summed E-state index contributed by atoms with van der Waals surface area (Å²) in [5.74, 6) is 0.866. The van der Waals surface area contributed by atoms with E-state index in [0.29, 0.717) is 51.1 Å². The van der Waals surface area contributed by atoms with Gasteiger partial charge >= 0.3 is 0 Å². The van der Waals surface area contributed by atoms with Gasteiger partial charge < -0.3 is 19.5 Å². The summed E-state index contributed by atoms with van der Waals surface area (Å²) in [6.45, 7) is 6.63. The Morgan fingerprint density at radius 2 is 1.87 bits per heavy atom. The number of hydrogen-bond donors (Lipinski definition) is 1. The fraction of sp³-hybridized carbons (Fsp3) is 0.519. The second-order valence-electron chi connectivity index (χ2n) is 10.5. The zero-order valence-corrected chi connectivity index (χ0v) is 22.7. The zero-order valence-electron chi connectivity index (χ0n) is 21.8. The van der Waals surface area contributed by atoms with Gasteiger partial charge in [-0.2, -0.15) is 4.31 Å². The fourth-order valence-corrected chi connectivity index (χ4v) is 6.45. The highest BCUT2D eigenvalue weighted by molar-refractivity contribution is 7.89. The van der Waals surface area contributed by atoms with Crippen molar-refractivity contribution in [1.29, 1.82) is 0 Å². The van der Waals surface area contributed by atoms with Crippen LogP contribution in [0.5, 0.6) is 5.88 Å². The summed E-state index contributed by atoms with van der Waals surface area (Å²) in [6, 6.07) is 10.7. The Kier molecular flexibility index (Phi) is 6.51. The zero-order chi connectivity index (χ0) is 26.4. The maximum Gasteiger partial charge on any atom is 0.241 e. The summed E-state index contributed by atoms with van der Waals surface area (Å²) in [7, 11) is -3.15. The van der Waals surface area contributed by atoms with E-state index in [4.69, 9.17) is 9.72 Å². The maximum atomic E-state index is 12.2. The predicted octanol–water partition coefficient (Wildman–Crippen LogP) is 2.81. The molecule has 1 saturated carbocycles. The van der Waals surface area contributed by atoms with Crippen molar-refractivity contribution < 1.29 is 17.9 Å². The van der Waals surface area contributed by atoms with Crippen molar-refractivity contribution in [2.75, 3.05) is 43.4 Å². The van der Waals surface area contributed by atoms with Gasteiger partial charge in [0.2, 0.25) is 21.8 Å². The van der Waals surface area contributed by atoms with Crippen LogP contribution < -0.4 is 15.0 Å².